The lowest BCUT2D eigenvalue weighted by Gasteiger charge is -2.16. The third-order valence-corrected chi connectivity index (χ3v) is 14.3. The Morgan fingerprint density at radius 2 is 1.10 bits per heavy atom. The summed E-state index contributed by atoms with van der Waals surface area (Å²) in [6.45, 7) is 13.3. The predicted molar refractivity (Wildman–Crippen MR) is 286 cm³/mol. The van der Waals surface area contributed by atoms with Crippen molar-refractivity contribution < 1.29 is 37.6 Å². The summed E-state index contributed by atoms with van der Waals surface area (Å²) < 4.78 is 29.6. The van der Waals surface area contributed by atoms with Gasteiger partial charge in [0.2, 0.25) is 11.8 Å². The summed E-state index contributed by atoms with van der Waals surface area (Å²) >= 11 is 5.83. The van der Waals surface area contributed by atoms with E-state index < -0.39 is 29.4 Å². The van der Waals surface area contributed by atoms with E-state index in [9.17, 15) is 28.0 Å². The van der Waals surface area contributed by atoms with Gasteiger partial charge in [-0.25, -0.2) is 29.7 Å². The van der Waals surface area contributed by atoms with Crippen molar-refractivity contribution in [2.75, 3.05) is 0 Å². The number of hydrogen-bond acceptors (Lipinski definition) is 16. The molecule has 4 aromatic heterocycles. The van der Waals surface area contributed by atoms with E-state index in [2.05, 4.69) is 85.5 Å². The van der Waals surface area contributed by atoms with Gasteiger partial charge in [0.1, 0.15) is 47.1 Å². The first-order chi connectivity index (χ1) is 38.6. The van der Waals surface area contributed by atoms with E-state index in [4.69, 9.17) is 21.3 Å². The second-order valence-electron chi connectivity index (χ2n) is 19.1. The van der Waals surface area contributed by atoms with E-state index in [-0.39, 0.29) is 70.3 Å². The van der Waals surface area contributed by atoms with Crippen molar-refractivity contribution in [3.8, 4) is 0 Å². The fourth-order valence-corrected chi connectivity index (χ4v) is 10.2. The minimum Gasteiger partial charge on any atom is -0.361 e. The molecule has 4 aromatic carbocycles. The van der Waals surface area contributed by atoms with Crippen molar-refractivity contribution in [1.82, 2.24) is 71.4 Å². The molecule has 2 aliphatic heterocycles. The van der Waals surface area contributed by atoms with Crippen molar-refractivity contribution in [3.05, 3.63) is 211 Å². The summed E-state index contributed by atoms with van der Waals surface area (Å²) in [7, 11) is 0. The van der Waals surface area contributed by atoms with Crippen LogP contribution in [-0.4, -0.2) is 74.5 Å². The monoisotopic (exact) mass is 1100 g/mol. The second-order valence-corrected chi connectivity index (χ2v) is 19.5. The molecule has 22 nitrogen and oxygen atoms in total. The van der Waals surface area contributed by atoms with Crippen molar-refractivity contribution in [2.45, 2.75) is 71.6 Å². The zero-order valence-electron chi connectivity index (χ0n) is 42.9. The van der Waals surface area contributed by atoms with Crippen LogP contribution in [0, 0.1) is 32.4 Å². The molecule has 0 bridgehead atoms. The summed E-state index contributed by atoms with van der Waals surface area (Å²) in [5.74, 6) is -0.717. The number of amidine groups is 2. The number of aromatic nitrogens is 8. The Labute approximate surface area is 458 Å². The van der Waals surface area contributed by atoms with Crippen LogP contribution < -0.4 is 32.2 Å². The fraction of sp³-hybridized carbons (Fsp3) is 0.200. The summed E-state index contributed by atoms with van der Waals surface area (Å²) in [5.41, 5.74) is 15.8. The highest BCUT2D eigenvalue weighted by Gasteiger charge is 2.32. The maximum Gasteiger partial charge on any atom is 0.270 e. The Morgan fingerprint density at radius 3 is 1.54 bits per heavy atom. The van der Waals surface area contributed by atoms with Crippen molar-refractivity contribution in [3.63, 3.8) is 0 Å². The first-order valence-electron chi connectivity index (χ1n) is 25.0. The zero-order valence-corrected chi connectivity index (χ0v) is 43.7. The van der Waals surface area contributed by atoms with Gasteiger partial charge in [-0.05, 0) is 128 Å². The summed E-state index contributed by atoms with van der Waals surface area (Å²) in [4.78, 5) is 88.3. The van der Waals surface area contributed by atoms with Gasteiger partial charge in [-0.2, -0.15) is 39.2 Å². The smallest absolute Gasteiger partial charge is 0.270 e. The Bertz CT molecular complexity index is 3750. The van der Waals surface area contributed by atoms with Gasteiger partial charge in [-0.15, -0.1) is 0 Å². The lowest BCUT2D eigenvalue weighted by atomic mass is 9.97. The van der Waals surface area contributed by atoms with Gasteiger partial charge in [0, 0.05) is 36.3 Å². The van der Waals surface area contributed by atoms with Crippen molar-refractivity contribution in [1.29, 1.82) is 0 Å². The molecule has 0 radical (unpaired) electrons. The lowest BCUT2D eigenvalue weighted by Crippen LogP contribution is -2.31. The van der Waals surface area contributed by atoms with Crippen molar-refractivity contribution in [2.24, 2.45) is 9.98 Å². The van der Waals surface area contributed by atoms with Crippen LogP contribution in [0.4, 0.5) is 8.78 Å². The number of benzene rings is 4. The van der Waals surface area contributed by atoms with Gasteiger partial charge in [-0.1, -0.05) is 54.1 Å². The predicted octanol–water partition coefficient (Wildman–Crippen LogP) is 6.31. The average molecular weight is 1100 g/mol. The number of nitrogens with zero attached hydrogens (tertiary/aromatic N) is 10. The number of nitrogens with one attached hydrogen (secondary N) is 6. The van der Waals surface area contributed by atoms with Gasteiger partial charge in [0.25, 0.3) is 35.2 Å². The van der Waals surface area contributed by atoms with E-state index in [0.29, 0.717) is 47.4 Å². The number of aliphatic imine (C=N–C) groups is 2. The summed E-state index contributed by atoms with van der Waals surface area (Å²) in [6, 6.07) is 18.9. The van der Waals surface area contributed by atoms with E-state index in [1.165, 1.54) is 58.1 Å². The highest BCUT2D eigenvalue weighted by Crippen LogP contribution is 2.37. The molecule has 0 unspecified atom stereocenters. The van der Waals surface area contributed by atoms with Gasteiger partial charge >= 0.3 is 0 Å². The number of carbonyl (C=O) groups is 4. The third kappa shape index (κ3) is 10.3. The third-order valence-electron chi connectivity index (χ3n) is 14.1. The maximum absolute atomic E-state index is 13.6. The van der Waals surface area contributed by atoms with Crippen LogP contribution in [0.25, 0.3) is 11.6 Å². The van der Waals surface area contributed by atoms with Crippen LogP contribution in [0.3, 0.4) is 0 Å². The first-order valence-corrected chi connectivity index (χ1v) is 25.4. The number of amides is 4. The van der Waals surface area contributed by atoms with Gasteiger partial charge in [0.15, 0.2) is 11.7 Å². The Morgan fingerprint density at radius 1 is 0.637 bits per heavy atom. The topological polar surface area (TPSA) is 270 Å². The molecule has 0 saturated carbocycles. The summed E-state index contributed by atoms with van der Waals surface area (Å²) in [5, 5.41) is 19.8. The number of hydroxylamine groups is 2. The minimum absolute atomic E-state index is 0.0141. The van der Waals surface area contributed by atoms with Gasteiger partial charge in [-0.3, -0.25) is 19.2 Å². The van der Waals surface area contributed by atoms with E-state index in [1.807, 2.05) is 38.1 Å². The number of halogens is 3. The molecule has 6 N–H and O–H groups in total. The van der Waals surface area contributed by atoms with E-state index in [1.54, 1.807) is 19.1 Å². The molecule has 25 heteroatoms. The number of hydrogen-bond donors (Lipinski definition) is 6. The van der Waals surface area contributed by atoms with Crippen LogP contribution in [0.2, 0.25) is 5.02 Å². The number of aryl methyl sites for hydroxylation is 1. The molecular formula is C55H47ClF2N16O6. The molecule has 12 rings (SSSR count). The van der Waals surface area contributed by atoms with Gasteiger partial charge < -0.3 is 30.9 Å². The lowest BCUT2D eigenvalue weighted by molar-refractivity contribution is 0.0916. The molecule has 4 aliphatic rings. The van der Waals surface area contributed by atoms with Crippen LogP contribution in [0.1, 0.15) is 128 Å². The minimum atomic E-state index is -0.548. The highest BCUT2D eigenvalue weighted by atomic mass is 35.5. The van der Waals surface area contributed by atoms with E-state index in [0.717, 1.165) is 62.9 Å². The highest BCUT2D eigenvalue weighted by molar-refractivity contribution is 6.30. The molecule has 2 aliphatic carbocycles. The molecule has 6 heterocycles. The molecule has 404 valence electrons. The number of fused-ring (bicyclic) bond motifs is 4. The Hall–Kier alpha value is -9.97. The Balaban J connectivity index is 0.000000169. The maximum atomic E-state index is 13.6. The molecule has 0 fully saturated rings. The molecule has 4 amide bonds. The molecule has 0 spiro atoms. The molecular weight excluding hydrogens is 1050 g/mol. The SMILES string of the molecule is C=C1N=C(c2ccc3c(c2C)CC[C@@H]3NC(=O)c2cc(C(=O)NCc3ccc(F)c(C)c3)nc3ncnn23)NO1.C=C1N=C(c2ccc3c(c2C)CC[C@@H]3NC(=O)c2cc(C(=O)NCc3ccc(F)c(Cl)c3)nc3ncnn23)NO1. The van der Waals surface area contributed by atoms with E-state index >= 15 is 0 Å². The largest absolute Gasteiger partial charge is 0.361 e. The Kier molecular flexibility index (Phi) is 14.0. The quantitative estimate of drug-likeness (QED) is 0.0784. The second kappa shape index (κ2) is 21.5. The van der Waals surface area contributed by atoms with Crippen LogP contribution in [0.5, 0.6) is 0 Å². The molecule has 2 atom stereocenters. The first kappa shape index (κ1) is 52.1. The average Bonchev–Trinajstić information content (AvgIpc) is 4.34. The zero-order chi connectivity index (χ0) is 55.9. The normalized spacial score (nSPS) is 15.8. The van der Waals surface area contributed by atoms with Crippen LogP contribution in [0.15, 0.2) is 120 Å². The molecule has 80 heavy (non-hydrogen) atoms. The van der Waals surface area contributed by atoms with Crippen molar-refractivity contribution >= 4 is 58.5 Å². The fourth-order valence-electron chi connectivity index (χ4n) is 10.0. The molecule has 0 saturated heterocycles. The van der Waals surface area contributed by atoms with Crippen LogP contribution >= 0.6 is 11.6 Å². The van der Waals surface area contributed by atoms with Gasteiger partial charge in [0.05, 0.1) is 17.1 Å². The number of rotatable bonds is 12. The summed E-state index contributed by atoms with van der Waals surface area (Å²) in [6.07, 6.45) is 5.50. The van der Waals surface area contributed by atoms with Crippen LogP contribution in [-0.2, 0) is 35.6 Å². The standard InChI is InChI=1S/C28H25FN8O3.C27H22ClFN8O3/c1-14-10-17(4-8-21(14)29)12-30-26(38)23-11-24(37-28(35-23)31-13-32-37)27(39)34-22-9-7-18-15(2)19(5-6-20(18)22)25-33-16(3)40-36-25;1-13-16-6-8-21(18(16)5-4-17(13)24-33-14(2)40-36-24)34-26(39)23-10-22(35-27-31-12-32-37(23)27)25(38)30-11-15-3-7-20(29)19(28)9-15/h4-6,8,10-11,13,22H,3,7,9,12H2,1-2H3,(H,30,38)(H,33,36)(H,34,39);3-5,7,9-10,12,21H,2,6,8,11H2,1H3,(H,30,38)(H,33,36)(H,34,39)/t22-;21-/m00/s1. The molecule has 8 aromatic rings. The number of carbonyl (C=O) groups excluding carboxylic acids is 4.